The Morgan fingerprint density at radius 2 is 2.22 bits per heavy atom. The lowest BCUT2D eigenvalue weighted by Crippen LogP contribution is -2.44. The molecule has 7 nitrogen and oxygen atoms in total. The number of hydrogen-bond acceptors (Lipinski definition) is 5. The monoisotopic (exact) mass is 272 g/mol. The number of likely N-dealkylation sites (N-methyl/N-ethyl adjacent to an activating group) is 1. The van der Waals surface area contributed by atoms with Crippen LogP contribution in [0.5, 0.6) is 0 Å². The number of anilines is 1. The Morgan fingerprint density at radius 3 is 2.78 bits per heavy atom. The van der Waals surface area contributed by atoms with Crippen LogP contribution in [0.25, 0.3) is 0 Å². The summed E-state index contributed by atoms with van der Waals surface area (Å²) in [5.74, 6) is -0.503. The highest BCUT2D eigenvalue weighted by atomic mass is 32.2. The Bertz CT molecular complexity index is 530. The first-order chi connectivity index (χ1) is 8.38. The van der Waals surface area contributed by atoms with Crippen molar-refractivity contribution in [2.75, 3.05) is 12.3 Å². The van der Waals surface area contributed by atoms with Gasteiger partial charge in [-0.3, -0.25) is 4.79 Å². The number of amides is 1. The van der Waals surface area contributed by atoms with Crippen molar-refractivity contribution in [1.82, 2.24) is 15.0 Å². The minimum Gasteiger partial charge on any atom is -0.383 e. The van der Waals surface area contributed by atoms with Crippen molar-refractivity contribution in [2.24, 2.45) is 0 Å². The average molecular weight is 272 g/mol. The number of carbonyl (C=O) groups excluding carboxylic acids is 1. The van der Waals surface area contributed by atoms with Gasteiger partial charge in [-0.2, -0.15) is 4.72 Å². The van der Waals surface area contributed by atoms with Crippen molar-refractivity contribution in [2.45, 2.75) is 24.8 Å². The van der Waals surface area contributed by atoms with Gasteiger partial charge in [0.2, 0.25) is 15.9 Å². The van der Waals surface area contributed by atoms with E-state index in [1.807, 2.05) is 0 Å². The molecule has 0 spiro atoms. The molecule has 1 rings (SSSR count). The van der Waals surface area contributed by atoms with Crippen LogP contribution in [0.3, 0.4) is 0 Å². The highest BCUT2D eigenvalue weighted by molar-refractivity contribution is 7.89. The summed E-state index contributed by atoms with van der Waals surface area (Å²) in [6.45, 7) is 3.63. The standard InChI is InChI=1S/C10H16N4O3S/c1-3-12-10(15)7(2)14-18(16,17)8-5-4-6-13-9(8)11/h4-7,14H,3H2,1-2H3,(H2,11,13)(H,12,15). The summed E-state index contributed by atoms with van der Waals surface area (Å²) in [6.07, 6.45) is 1.39. The van der Waals surface area contributed by atoms with E-state index in [2.05, 4.69) is 15.0 Å². The number of carbonyl (C=O) groups is 1. The number of nitrogen functional groups attached to an aromatic ring is 1. The van der Waals surface area contributed by atoms with Gasteiger partial charge in [0.15, 0.2) is 0 Å². The zero-order valence-electron chi connectivity index (χ0n) is 10.2. The van der Waals surface area contributed by atoms with Crippen LogP contribution in [0.1, 0.15) is 13.8 Å². The van der Waals surface area contributed by atoms with E-state index in [0.29, 0.717) is 6.54 Å². The summed E-state index contributed by atoms with van der Waals surface area (Å²) in [5.41, 5.74) is 5.49. The Kier molecular flexibility index (Phi) is 4.62. The third-order valence-corrected chi connectivity index (χ3v) is 3.75. The maximum atomic E-state index is 12.0. The van der Waals surface area contributed by atoms with Gasteiger partial charge in [-0.1, -0.05) is 0 Å². The minimum atomic E-state index is -3.85. The second-order valence-corrected chi connectivity index (χ2v) is 5.31. The molecule has 0 radical (unpaired) electrons. The molecule has 0 saturated heterocycles. The molecule has 1 heterocycles. The lowest BCUT2D eigenvalue weighted by Gasteiger charge is -2.14. The Labute approximate surface area is 106 Å². The quantitative estimate of drug-likeness (QED) is 0.666. The van der Waals surface area contributed by atoms with Crippen LogP contribution < -0.4 is 15.8 Å². The number of hydrogen-bond donors (Lipinski definition) is 3. The summed E-state index contributed by atoms with van der Waals surface area (Å²) in [5, 5.41) is 2.52. The second kappa shape index (κ2) is 5.78. The Hall–Kier alpha value is -1.67. The number of pyridine rings is 1. The largest absolute Gasteiger partial charge is 0.383 e. The van der Waals surface area contributed by atoms with Crippen molar-refractivity contribution in [3.63, 3.8) is 0 Å². The highest BCUT2D eigenvalue weighted by Crippen LogP contribution is 2.14. The molecular weight excluding hydrogens is 256 g/mol. The van der Waals surface area contributed by atoms with Crippen LogP contribution in [0, 0.1) is 0 Å². The summed E-state index contributed by atoms with van der Waals surface area (Å²) < 4.78 is 26.2. The molecule has 0 aliphatic heterocycles. The molecule has 8 heteroatoms. The van der Waals surface area contributed by atoms with Gasteiger partial charge in [0.05, 0.1) is 6.04 Å². The van der Waals surface area contributed by atoms with Gasteiger partial charge in [0.1, 0.15) is 10.7 Å². The van der Waals surface area contributed by atoms with Gasteiger partial charge in [0, 0.05) is 12.7 Å². The number of nitrogens with zero attached hydrogens (tertiary/aromatic N) is 1. The number of nitrogens with two attached hydrogens (primary N) is 1. The zero-order valence-corrected chi connectivity index (χ0v) is 11.0. The summed E-state index contributed by atoms with van der Waals surface area (Å²) >= 11 is 0. The van der Waals surface area contributed by atoms with E-state index in [1.165, 1.54) is 25.3 Å². The third kappa shape index (κ3) is 3.41. The van der Waals surface area contributed by atoms with E-state index in [0.717, 1.165) is 0 Å². The lowest BCUT2D eigenvalue weighted by atomic mass is 10.3. The van der Waals surface area contributed by atoms with Crippen LogP contribution >= 0.6 is 0 Å². The van der Waals surface area contributed by atoms with Crippen LogP contribution in [0.4, 0.5) is 5.82 Å². The minimum absolute atomic E-state index is 0.104. The van der Waals surface area contributed by atoms with Gasteiger partial charge < -0.3 is 11.1 Å². The van der Waals surface area contributed by atoms with E-state index < -0.39 is 22.0 Å². The van der Waals surface area contributed by atoms with Crippen molar-refractivity contribution >= 4 is 21.7 Å². The Balaban J connectivity index is 2.90. The number of sulfonamides is 1. The van der Waals surface area contributed by atoms with Crippen LogP contribution in [-0.4, -0.2) is 31.9 Å². The fraction of sp³-hybridized carbons (Fsp3) is 0.400. The molecule has 1 amide bonds. The van der Waals surface area contributed by atoms with Gasteiger partial charge in [-0.15, -0.1) is 0 Å². The van der Waals surface area contributed by atoms with Gasteiger partial charge >= 0.3 is 0 Å². The molecule has 0 bridgehead atoms. The summed E-state index contributed by atoms with van der Waals surface area (Å²) in [4.78, 5) is 15.0. The van der Waals surface area contributed by atoms with Gasteiger partial charge in [-0.05, 0) is 26.0 Å². The molecule has 0 aliphatic carbocycles. The first-order valence-electron chi connectivity index (χ1n) is 5.39. The topological polar surface area (TPSA) is 114 Å². The number of aromatic nitrogens is 1. The molecule has 1 aromatic heterocycles. The van der Waals surface area contributed by atoms with E-state index in [1.54, 1.807) is 6.92 Å². The first kappa shape index (κ1) is 14.4. The predicted molar refractivity (Wildman–Crippen MR) is 67.1 cm³/mol. The van der Waals surface area contributed by atoms with Gasteiger partial charge in [0.25, 0.3) is 0 Å². The highest BCUT2D eigenvalue weighted by Gasteiger charge is 2.23. The van der Waals surface area contributed by atoms with E-state index in [-0.39, 0.29) is 10.7 Å². The molecule has 0 fully saturated rings. The molecule has 0 aliphatic rings. The molecule has 100 valence electrons. The molecule has 18 heavy (non-hydrogen) atoms. The fourth-order valence-corrected chi connectivity index (χ4v) is 2.59. The smallest absolute Gasteiger partial charge is 0.244 e. The van der Waals surface area contributed by atoms with E-state index >= 15 is 0 Å². The van der Waals surface area contributed by atoms with Crippen molar-refractivity contribution in [1.29, 1.82) is 0 Å². The molecule has 0 saturated carbocycles. The fourth-order valence-electron chi connectivity index (χ4n) is 1.31. The maximum Gasteiger partial charge on any atom is 0.244 e. The summed E-state index contributed by atoms with van der Waals surface area (Å²) in [6, 6.07) is 1.91. The van der Waals surface area contributed by atoms with Gasteiger partial charge in [-0.25, -0.2) is 13.4 Å². The van der Waals surface area contributed by atoms with Crippen LogP contribution in [-0.2, 0) is 14.8 Å². The molecule has 4 N–H and O–H groups in total. The third-order valence-electron chi connectivity index (χ3n) is 2.17. The normalized spacial score (nSPS) is 13.0. The zero-order chi connectivity index (χ0) is 13.8. The van der Waals surface area contributed by atoms with Crippen molar-refractivity contribution in [3.8, 4) is 0 Å². The van der Waals surface area contributed by atoms with E-state index in [4.69, 9.17) is 5.73 Å². The first-order valence-corrected chi connectivity index (χ1v) is 6.87. The van der Waals surface area contributed by atoms with Crippen molar-refractivity contribution < 1.29 is 13.2 Å². The summed E-state index contributed by atoms with van der Waals surface area (Å²) in [7, 11) is -3.85. The number of nitrogens with one attached hydrogen (secondary N) is 2. The van der Waals surface area contributed by atoms with E-state index in [9.17, 15) is 13.2 Å². The van der Waals surface area contributed by atoms with Crippen LogP contribution in [0.15, 0.2) is 23.2 Å². The van der Waals surface area contributed by atoms with Crippen LogP contribution in [0.2, 0.25) is 0 Å². The lowest BCUT2D eigenvalue weighted by molar-refractivity contribution is -0.122. The van der Waals surface area contributed by atoms with Crippen molar-refractivity contribution in [3.05, 3.63) is 18.3 Å². The number of rotatable bonds is 5. The average Bonchev–Trinajstić information content (AvgIpc) is 2.29. The Morgan fingerprint density at radius 1 is 1.56 bits per heavy atom. The molecule has 0 aromatic carbocycles. The maximum absolute atomic E-state index is 12.0. The molecule has 1 atom stereocenters. The SMILES string of the molecule is CCNC(=O)C(C)NS(=O)(=O)c1cccnc1N. The molecule has 1 unspecified atom stereocenters. The molecular formula is C10H16N4O3S. The molecule has 1 aromatic rings. The predicted octanol–water partition coefficient (Wildman–Crippen LogP) is -0.533. The second-order valence-electron chi connectivity index (χ2n) is 3.62.